The van der Waals surface area contributed by atoms with Crippen LogP contribution in [0.25, 0.3) is 0 Å². The second-order valence-corrected chi connectivity index (χ2v) is 3.31. The van der Waals surface area contributed by atoms with E-state index in [-0.39, 0.29) is 6.61 Å². The van der Waals surface area contributed by atoms with E-state index in [9.17, 15) is 4.39 Å². The second kappa shape index (κ2) is 5.61. The Morgan fingerprint density at radius 1 is 1.86 bits per heavy atom. The lowest BCUT2D eigenvalue weighted by atomic mass is 10.3. The van der Waals surface area contributed by atoms with E-state index in [1.807, 2.05) is 0 Å². The zero-order chi connectivity index (χ0) is 10.4. The van der Waals surface area contributed by atoms with Crippen LogP contribution in [0.15, 0.2) is 10.5 Å². The fourth-order valence-corrected chi connectivity index (χ4v) is 1.40. The van der Waals surface area contributed by atoms with Gasteiger partial charge in [0.2, 0.25) is 0 Å². The maximum absolute atomic E-state index is 11.7. The highest BCUT2D eigenvalue weighted by Gasteiger charge is 2.05. The lowest BCUT2D eigenvalue weighted by molar-refractivity contribution is 0.128. The summed E-state index contributed by atoms with van der Waals surface area (Å²) in [5.41, 5.74) is 6.35. The van der Waals surface area contributed by atoms with Gasteiger partial charge in [-0.25, -0.2) is 9.37 Å². The highest BCUT2D eigenvalue weighted by atomic mass is 32.1. The summed E-state index contributed by atoms with van der Waals surface area (Å²) in [6.07, 6.45) is 0. The maximum atomic E-state index is 11.7. The minimum Gasteiger partial charge on any atom is -0.392 e. The fourth-order valence-electron chi connectivity index (χ4n) is 0.684. The van der Waals surface area contributed by atoms with Crippen LogP contribution in [0.2, 0.25) is 0 Å². The number of nitrogens with two attached hydrogens (primary N) is 1. The lowest BCUT2D eigenvalue weighted by Gasteiger charge is -1.96. The van der Waals surface area contributed by atoms with Crippen molar-refractivity contribution in [1.29, 1.82) is 0 Å². The van der Waals surface area contributed by atoms with Crippen molar-refractivity contribution in [3.05, 3.63) is 11.1 Å². The monoisotopic (exact) mass is 233 g/mol. The molecular weight excluding hydrogens is 225 g/mol. The highest BCUT2D eigenvalue weighted by Crippen LogP contribution is 2.11. The first-order valence-electron chi connectivity index (χ1n) is 3.70. The minimum absolute atomic E-state index is 0.0910. The van der Waals surface area contributed by atoms with Gasteiger partial charge in [-0.1, -0.05) is 17.4 Å². The normalized spacial score (nSPS) is 11.4. The summed E-state index contributed by atoms with van der Waals surface area (Å²) in [7, 11) is 0. The Kier molecular flexibility index (Phi) is 4.41. The van der Waals surface area contributed by atoms with Gasteiger partial charge in [-0.2, -0.15) is 0 Å². The number of thiazole rings is 1. The largest absolute Gasteiger partial charge is 0.392 e. The molecule has 0 saturated carbocycles. The molecule has 0 bridgehead atoms. The molecule has 14 heavy (non-hydrogen) atoms. The number of anilines is 1. The Morgan fingerprint density at radius 2 is 2.64 bits per heavy atom. The number of nitrogens with zero attached hydrogens (tertiary/aromatic N) is 2. The van der Waals surface area contributed by atoms with Gasteiger partial charge in [-0.3, -0.25) is 0 Å². The highest BCUT2D eigenvalue weighted by molar-refractivity contribution is 7.80. The van der Waals surface area contributed by atoms with Crippen LogP contribution in [0.4, 0.5) is 9.52 Å². The van der Waals surface area contributed by atoms with E-state index in [1.165, 1.54) is 16.7 Å². The average molecular weight is 233 g/mol. The van der Waals surface area contributed by atoms with Crippen LogP contribution in [0.1, 0.15) is 5.69 Å². The van der Waals surface area contributed by atoms with Crippen LogP contribution in [0.5, 0.6) is 0 Å². The van der Waals surface area contributed by atoms with E-state index in [1.54, 1.807) is 5.38 Å². The number of nitrogen functional groups attached to an aromatic ring is 1. The molecule has 0 saturated heterocycles. The molecular formula is C7H8FN3OS2. The van der Waals surface area contributed by atoms with Crippen molar-refractivity contribution in [3.8, 4) is 0 Å². The summed E-state index contributed by atoms with van der Waals surface area (Å²) in [5.74, 6) is 0. The maximum Gasteiger partial charge on any atom is 0.180 e. The molecule has 0 aromatic carbocycles. The van der Waals surface area contributed by atoms with Crippen LogP contribution in [0, 0.1) is 0 Å². The molecule has 76 valence electrons. The second-order valence-electron chi connectivity index (χ2n) is 2.19. The molecule has 1 aromatic rings. The van der Waals surface area contributed by atoms with Gasteiger partial charge in [0.05, 0.1) is 0 Å². The molecule has 2 N–H and O–H groups in total. The first-order chi connectivity index (χ1) is 6.77. The summed E-state index contributed by atoms with van der Waals surface area (Å²) >= 11 is 5.99. The standard InChI is InChI=1S/C7H8FN3OS2/c8-1-2-12-11-5(3-13)6-4-14-7(9)10-6/h3-4H,1-2H2,(H2,9,10)/b11-5+. The summed E-state index contributed by atoms with van der Waals surface area (Å²) < 4.78 is 11.7. The quantitative estimate of drug-likeness (QED) is 0.361. The lowest BCUT2D eigenvalue weighted by Crippen LogP contribution is -2.04. The Balaban J connectivity index is 2.71. The van der Waals surface area contributed by atoms with Crippen molar-refractivity contribution in [2.75, 3.05) is 19.0 Å². The third-order valence-electron chi connectivity index (χ3n) is 1.23. The van der Waals surface area contributed by atoms with Crippen molar-refractivity contribution < 1.29 is 9.23 Å². The summed E-state index contributed by atoms with van der Waals surface area (Å²) in [6.45, 7) is -0.681. The van der Waals surface area contributed by atoms with Crippen LogP contribution in [-0.4, -0.2) is 29.3 Å². The van der Waals surface area contributed by atoms with Gasteiger partial charge in [0.25, 0.3) is 0 Å². The summed E-state index contributed by atoms with van der Waals surface area (Å²) in [6, 6.07) is 0. The minimum atomic E-state index is -0.590. The molecule has 0 aliphatic carbocycles. The predicted octanol–water partition coefficient (Wildman–Crippen LogP) is 1.42. The Bertz CT molecular complexity index is 339. The smallest absolute Gasteiger partial charge is 0.180 e. The zero-order valence-electron chi connectivity index (χ0n) is 7.14. The van der Waals surface area contributed by atoms with E-state index in [0.717, 1.165) is 0 Å². The number of hydrogen-bond donors (Lipinski definition) is 1. The van der Waals surface area contributed by atoms with E-state index in [0.29, 0.717) is 16.5 Å². The molecule has 1 aromatic heterocycles. The van der Waals surface area contributed by atoms with Gasteiger partial charge in [0.1, 0.15) is 24.7 Å². The van der Waals surface area contributed by atoms with Gasteiger partial charge >= 0.3 is 0 Å². The van der Waals surface area contributed by atoms with Crippen molar-refractivity contribution in [3.63, 3.8) is 0 Å². The average Bonchev–Trinajstić information content (AvgIpc) is 2.60. The van der Waals surface area contributed by atoms with Crippen molar-refractivity contribution in [2.24, 2.45) is 5.16 Å². The first-order valence-corrected chi connectivity index (χ1v) is 5.05. The number of halogens is 1. The molecule has 0 unspecified atom stereocenters. The molecule has 0 spiro atoms. The summed E-state index contributed by atoms with van der Waals surface area (Å²) in [5, 5.41) is 7.06. The zero-order valence-corrected chi connectivity index (χ0v) is 8.78. The van der Waals surface area contributed by atoms with Gasteiger partial charge < -0.3 is 10.6 Å². The van der Waals surface area contributed by atoms with Crippen molar-refractivity contribution in [1.82, 2.24) is 4.98 Å². The van der Waals surface area contributed by atoms with Crippen LogP contribution < -0.4 is 5.73 Å². The molecule has 7 heteroatoms. The topological polar surface area (TPSA) is 60.5 Å². The van der Waals surface area contributed by atoms with Gasteiger partial charge in [0.15, 0.2) is 5.13 Å². The van der Waals surface area contributed by atoms with Crippen molar-refractivity contribution in [2.45, 2.75) is 0 Å². The Labute approximate surface area is 89.6 Å². The van der Waals surface area contributed by atoms with E-state index in [4.69, 9.17) is 18.0 Å². The van der Waals surface area contributed by atoms with Gasteiger partial charge in [-0.05, 0) is 0 Å². The molecule has 0 fully saturated rings. The summed E-state index contributed by atoms with van der Waals surface area (Å²) in [4.78, 5) is 8.59. The molecule has 4 nitrogen and oxygen atoms in total. The molecule has 0 aliphatic heterocycles. The molecule has 1 rings (SSSR count). The first kappa shape index (κ1) is 11.0. The number of thiocarbonyl (C=S) groups is 1. The van der Waals surface area contributed by atoms with Crippen LogP contribution >= 0.6 is 23.6 Å². The third kappa shape index (κ3) is 3.00. The van der Waals surface area contributed by atoms with E-state index < -0.39 is 6.67 Å². The molecule has 0 amide bonds. The molecule has 1 heterocycles. The van der Waals surface area contributed by atoms with Crippen LogP contribution in [-0.2, 0) is 4.84 Å². The van der Waals surface area contributed by atoms with Gasteiger partial charge in [0, 0.05) is 10.7 Å². The number of aromatic nitrogens is 1. The van der Waals surface area contributed by atoms with Crippen LogP contribution in [0.3, 0.4) is 0 Å². The SMILES string of the molecule is Nc1nc(/C(C=S)=N/OCCF)cs1. The Morgan fingerprint density at radius 3 is 3.14 bits per heavy atom. The predicted molar refractivity (Wildman–Crippen MR) is 58.6 cm³/mol. The number of oxime groups is 1. The molecule has 0 radical (unpaired) electrons. The third-order valence-corrected chi connectivity index (χ3v) is 2.12. The van der Waals surface area contributed by atoms with E-state index >= 15 is 0 Å². The Hall–Kier alpha value is -1.08. The molecule has 0 aliphatic rings. The number of hydrogen-bond acceptors (Lipinski definition) is 6. The number of rotatable bonds is 5. The molecule has 0 atom stereocenters. The number of alkyl halides is 1. The van der Waals surface area contributed by atoms with Gasteiger partial charge in [-0.15, -0.1) is 11.3 Å². The van der Waals surface area contributed by atoms with E-state index in [2.05, 4.69) is 15.0 Å². The van der Waals surface area contributed by atoms with Crippen molar-refractivity contribution >= 4 is 39.8 Å². The fraction of sp³-hybridized carbons (Fsp3) is 0.286.